The molecule has 0 amide bonds. The summed E-state index contributed by atoms with van der Waals surface area (Å²) in [5.41, 5.74) is 9.37. The van der Waals surface area contributed by atoms with E-state index >= 15 is 0 Å². The van der Waals surface area contributed by atoms with Crippen molar-refractivity contribution in [2.75, 3.05) is 0 Å². The maximum Gasteiger partial charge on any atom is 0.153 e. The largest absolute Gasteiger partial charge is 0.321 e. The molecule has 0 saturated heterocycles. The van der Waals surface area contributed by atoms with Crippen molar-refractivity contribution in [2.24, 2.45) is 11.7 Å². The molecule has 17 heavy (non-hydrogen) atoms. The van der Waals surface area contributed by atoms with Crippen LogP contribution in [0.4, 0.5) is 0 Å². The van der Waals surface area contributed by atoms with Gasteiger partial charge in [0.1, 0.15) is 0 Å². The average Bonchev–Trinajstić information content (AvgIpc) is 2.14. The lowest BCUT2D eigenvalue weighted by Crippen LogP contribution is -2.33. The van der Waals surface area contributed by atoms with Gasteiger partial charge in [-0.1, -0.05) is 43.2 Å². The number of carbonyl (C=O) groups excluding carboxylic acids is 1. The summed E-state index contributed by atoms with van der Waals surface area (Å²) in [5.74, 6) is 0.608. The summed E-state index contributed by atoms with van der Waals surface area (Å²) in [7, 11) is 0. The Morgan fingerprint density at radius 3 is 2.18 bits per heavy atom. The van der Waals surface area contributed by atoms with Crippen LogP contribution in [0.5, 0.6) is 0 Å². The smallest absolute Gasteiger partial charge is 0.153 e. The van der Waals surface area contributed by atoms with Crippen LogP contribution in [-0.2, 0) is 11.2 Å². The second-order valence-corrected chi connectivity index (χ2v) is 5.38. The van der Waals surface area contributed by atoms with Gasteiger partial charge in [-0.2, -0.15) is 0 Å². The number of carbonyl (C=O) groups is 1. The lowest BCUT2D eigenvalue weighted by Gasteiger charge is -2.13. The van der Waals surface area contributed by atoms with Gasteiger partial charge in [0, 0.05) is 6.42 Å². The molecular formula is C15H23NO. The highest BCUT2D eigenvalue weighted by Crippen LogP contribution is 2.12. The van der Waals surface area contributed by atoms with Crippen molar-refractivity contribution >= 4 is 5.78 Å². The van der Waals surface area contributed by atoms with Crippen LogP contribution in [0.1, 0.15) is 37.0 Å². The molecule has 2 N–H and O–H groups in total. The number of aryl methyl sites for hydroxylation is 2. The molecule has 0 aromatic heterocycles. The van der Waals surface area contributed by atoms with Gasteiger partial charge in [0.15, 0.2) is 5.78 Å². The second-order valence-electron chi connectivity index (χ2n) is 5.38. The van der Waals surface area contributed by atoms with Crippen LogP contribution in [0.3, 0.4) is 0 Å². The van der Waals surface area contributed by atoms with Crippen LogP contribution in [0.2, 0.25) is 0 Å². The Morgan fingerprint density at radius 1 is 1.18 bits per heavy atom. The van der Waals surface area contributed by atoms with Gasteiger partial charge in [0.05, 0.1) is 6.04 Å². The van der Waals surface area contributed by atoms with Crippen molar-refractivity contribution < 1.29 is 4.79 Å². The predicted molar refractivity (Wildman–Crippen MR) is 72.1 cm³/mol. The normalized spacial score (nSPS) is 12.8. The van der Waals surface area contributed by atoms with Crippen molar-refractivity contribution in [2.45, 2.75) is 46.6 Å². The minimum Gasteiger partial charge on any atom is -0.321 e. The molecule has 2 heteroatoms. The van der Waals surface area contributed by atoms with Gasteiger partial charge >= 0.3 is 0 Å². The van der Waals surface area contributed by atoms with Gasteiger partial charge in [-0.15, -0.1) is 0 Å². The molecule has 0 heterocycles. The van der Waals surface area contributed by atoms with Gasteiger partial charge in [0.2, 0.25) is 0 Å². The molecule has 1 aromatic carbocycles. The molecule has 0 fully saturated rings. The summed E-state index contributed by atoms with van der Waals surface area (Å²) in [6.07, 6.45) is 1.22. The Kier molecular flexibility index (Phi) is 4.88. The zero-order valence-corrected chi connectivity index (χ0v) is 11.3. The monoisotopic (exact) mass is 233 g/mol. The Morgan fingerprint density at radius 2 is 1.71 bits per heavy atom. The molecule has 1 atom stereocenters. The number of nitrogens with two attached hydrogens (primary N) is 1. The first-order chi connectivity index (χ1) is 7.88. The van der Waals surface area contributed by atoms with E-state index in [1.54, 1.807) is 0 Å². The number of hydrogen-bond acceptors (Lipinski definition) is 2. The van der Waals surface area contributed by atoms with E-state index in [0.29, 0.717) is 12.3 Å². The SMILES string of the molecule is Cc1cc(C)cc(CC(=O)C(N)CC(C)C)c1. The summed E-state index contributed by atoms with van der Waals surface area (Å²) in [5, 5.41) is 0. The van der Waals surface area contributed by atoms with Crippen molar-refractivity contribution in [3.05, 3.63) is 34.9 Å². The molecular weight excluding hydrogens is 210 g/mol. The van der Waals surface area contributed by atoms with Gasteiger partial charge in [-0.25, -0.2) is 0 Å². The first kappa shape index (κ1) is 13.9. The van der Waals surface area contributed by atoms with Crippen molar-refractivity contribution in [3.8, 4) is 0 Å². The molecule has 1 aromatic rings. The van der Waals surface area contributed by atoms with Gasteiger partial charge < -0.3 is 5.73 Å². The Hall–Kier alpha value is -1.15. The molecule has 0 spiro atoms. The standard InChI is InChI=1S/C15H23NO/c1-10(2)5-14(16)15(17)9-13-7-11(3)6-12(4)8-13/h6-8,10,14H,5,9,16H2,1-4H3. The molecule has 1 rings (SSSR count). The zero-order chi connectivity index (χ0) is 13.0. The molecule has 1 unspecified atom stereocenters. The Labute approximate surface area is 104 Å². The topological polar surface area (TPSA) is 43.1 Å². The Balaban J connectivity index is 2.67. The quantitative estimate of drug-likeness (QED) is 0.849. The van der Waals surface area contributed by atoms with Crippen LogP contribution in [0.15, 0.2) is 18.2 Å². The van der Waals surface area contributed by atoms with E-state index in [-0.39, 0.29) is 11.8 Å². The maximum atomic E-state index is 11.9. The highest BCUT2D eigenvalue weighted by Gasteiger charge is 2.15. The highest BCUT2D eigenvalue weighted by atomic mass is 16.1. The number of hydrogen-bond donors (Lipinski definition) is 1. The minimum absolute atomic E-state index is 0.142. The highest BCUT2D eigenvalue weighted by molar-refractivity contribution is 5.85. The molecule has 0 aliphatic rings. The molecule has 0 aliphatic carbocycles. The fraction of sp³-hybridized carbons (Fsp3) is 0.533. The molecule has 0 aliphatic heterocycles. The van der Waals surface area contributed by atoms with Gasteiger partial charge in [-0.05, 0) is 31.7 Å². The van der Waals surface area contributed by atoms with E-state index in [9.17, 15) is 4.79 Å². The van der Waals surface area contributed by atoms with E-state index in [1.807, 2.05) is 0 Å². The average molecular weight is 233 g/mol. The third-order valence-electron chi connectivity index (χ3n) is 2.80. The van der Waals surface area contributed by atoms with Crippen LogP contribution in [0, 0.1) is 19.8 Å². The van der Waals surface area contributed by atoms with Crippen LogP contribution >= 0.6 is 0 Å². The first-order valence-electron chi connectivity index (χ1n) is 6.24. The predicted octanol–water partition coefficient (Wildman–Crippen LogP) is 2.79. The zero-order valence-electron chi connectivity index (χ0n) is 11.3. The number of rotatable bonds is 5. The lowest BCUT2D eigenvalue weighted by atomic mass is 9.95. The van der Waals surface area contributed by atoms with Crippen LogP contribution in [0.25, 0.3) is 0 Å². The Bertz CT molecular complexity index is 376. The lowest BCUT2D eigenvalue weighted by molar-refractivity contribution is -0.120. The number of Topliss-reactive ketones (excluding diaryl/α,β-unsaturated/α-hetero) is 1. The van der Waals surface area contributed by atoms with Crippen molar-refractivity contribution in [1.82, 2.24) is 0 Å². The molecule has 0 bridgehead atoms. The van der Waals surface area contributed by atoms with E-state index < -0.39 is 0 Å². The molecule has 0 saturated carbocycles. The van der Waals surface area contributed by atoms with Crippen molar-refractivity contribution in [1.29, 1.82) is 0 Å². The number of ketones is 1. The third-order valence-corrected chi connectivity index (χ3v) is 2.80. The number of benzene rings is 1. The van der Waals surface area contributed by atoms with Gasteiger partial charge in [-0.3, -0.25) is 4.79 Å². The molecule has 2 nitrogen and oxygen atoms in total. The molecule has 94 valence electrons. The fourth-order valence-corrected chi connectivity index (χ4v) is 2.14. The van der Waals surface area contributed by atoms with Crippen LogP contribution < -0.4 is 5.73 Å². The summed E-state index contributed by atoms with van der Waals surface area (Å²) >= 11 is 0. The second kappa shape index (κ2) is 5.97. The maximum absolute atomic E-state index is 11.9. The summed E-state index contributed by atoms with van der Waals surface area (Å²) < 4.78 is 0. The van der Waals surface area contributed by atoms with E-state index in [2.05, 4.69) is 45.9 Å². The summed E-state index contributed by atoms with van der Waals surface area (Å²) in [4.78, 5) is 11.9. The van der Waals surface area contributed by atoms with E-state index in [4.69, 9.17) is 5.73 Å². The van der Waals surface area contributed by atoms with Gasteiger partial charge in [0.25, 0.3) is 0 Å². The summed E-state index contributed by atoms with van der Waals surface area (Å²) in [6.45, 7) is 8.28. The minimum atomic E-state index is -0.323. The third kappa shape index (κ3) is 4.70. The van der Waals surface area contributed by atoms with E-state index in [1.165, 1.54) is 11.1 Å². The first-order valence-corrected chi connectivity index (χ1v) is 6.24. The van der Waals surface area contributed by atoms with Crippen LogP contribution in [-0.4, -0.2) is 11.8 Å². The van der Waals surface area contributed by atoms with Crippen molar-refractivity contribution in [3.63, 3.8) is 0 Å². The molecule has 0 radical (unpaired) electrons. The summed E-state index contributed by atoms with van der Waals surface area (Å²) in [6, 6.07) is 5.91. The fourth-order valence-electron chi connectivity index (χ4n) is 2.14. The van der Waals surface area contributed by atoms with E-state index in [0.717, 1.165) is 12.0 Å².